The highest BCUT2D eigenvalue weighted by Gasteiger charge is 2.12. The first-order valence-corrected chi connectivity index (χ1v) is 7.40. The molecule has 0 heterocycles. The topological polar surface area (TPSA) is 20.2 Å². The fourth-order valence-electron chi connectivity index (χ4n) is 1.89. The van der Waals surface area contributed by atoms with Gasteiger partial charge in [0.2, 0.25) is 0 Å². The lowest BCUT2D eigenvalue weighted by atomic mass is 10.00. The van der Waals surface area contributed by atoms with Crippen molar-refractivity contribution in [3.8, 4) is 0 Å². The van der Waals surface area contributed by atoms with Gasteiger partial charge in [-0.2, -0.15) is 0 Å². The zero-order chi connectivity index (χ0) is 14.0. The van der Waals surface area contributed by atoms with Crippen molar-refractivity contribution in [2.75, 3.05) is 0 Å². The molecule has 1 unspecified atom stereocenters. The number of halogens is 3. The van der Waals surface area contributed by atoms with Crippen LogP contribution in [-0.2, 0) is 6.42 Å². The number of aliphatic hydroxyl groups is 1. The molecule has 0 saturated heterocycles. The van der Waals surface area contributed by atoms with E-state index < -0.39 is 6.10 Å². The van der Waals surface area contributed by atoms with Gasteiger partial charge >= 0.3 is 0 Å². The van der Waals surface area contributed by atoms with E-state index in [0.717, 1.165) is 21.2 Å². The maximum absolute atomic E-state index is 10.3. The van der Waals surface area contributed by atoms with Gasteiger partial charge in [-0.05, 0) is 41.8 Å². The number of hydrogen-bond acceptors (Lipinski definition) is 1. The highest BCUT2D eigenvalue weighted by atomic mass is 79.9. The molecule has 4 heteroatoms. The highest BCUT2D eigenvalue weighted by molar-refractivity contribution is 9.10. The quantitative estimate of drug-likeness (QED) is 0.784. The Bertz CT molecular complexity index is 599. The number of aliphatic hydroxyl groups excluding tert-OH is 1. The molecule has 1 N–H and O–H groups in total. The standard InChI is InChI=1S/C15H13BrCl2O/c1-9-6-11(3-5-13(9)16)15(19)7-10-2-4-12(17)8-14(10)18/h2-6,8,15,19H,7H2,1H3. The number of aryl methyl sites for hydroxylation is 1. The summed E-state index contributed by atoms with van der Waals surface area (Å²) in [5.74, 6) is 0. The van der Waals surface area contributed by atoms with Crippen LogP contribution >= 0.6 is 39.1 Å². The average molecular weight is 360 g/mol. The van der Waals surface area contributed by atoms with Crippen molar-refractivity contribution in [3.05, 3.63) is 67.6 Å². The third-order valence-corrected chi connectivity index (χ3v) is 4.47. The Labute approximate surface area is 131 Å². The van der Waals surface area contributed by atoms with Gasteiger partial charge in [-0.1, -0.05) is 57.3 Å². The van der Waals surface area contributed by atoms with E-state index in [-0.39, 0.29) is 0 Å². The Balaban J connectivity index is 2.20. The predicted molar refractivity (Wildman–Crippen MR) is 84.0 cm³/mol. The number of benzene rings is 2. The SMILES string of the molecule is Cc1cc(C(O)Cc2ccc(Cl)cc2Cl)ccc1Br. The van der Waals surface area contributed by atoms with Gasteiger partial charge in [-0.3, -0.25) is 0 Å². The molecule has 0 aliphatic rings. The first-order chi connectivity index (χ1) is 8.97. The summed E-state index contributed by atoms with van der Waals surface area (Å²) >= 11 is 15.4. The van der Waals surface area contributed by atoms with Crippen LogP contribution in [0.2, 0.25) is 10.0 Å². The normalized spacial score (nSPS) is 12.5. The van der Waals surface area contributed by atoms with E-state index in [1.165, 1.54) is 0 Å². The molecule has 0 radical (unpaired) electrons. The van der Waals surface area contributed by atoms with Crippen LogP contribution in [0, 0.1) is 6.92 Å². The molecular weight excluding hydrogens is 347 g/mol. The number of rotatable bonds is 3. The van der Waals surface area contributed by atoms with Crippen molar-refractivity contribution >= 4 is 39.1 Å². The highest BCUT2D eigenvalue weighted by Crippen LogP contribution is 2.27. The molecular formula is C15H13BrCl2O. The Morgan fingerprint density at radius 1 is 1.16 bits per heavy atom. The number of hydrogen-bond donors (Lipinski definition) is 1. The van der Waals surface area contributed by atoms with Gasteiger partial charge in [-0.25, -0.2) is 0 Å². The molecule has 0 spiro atoms. The van der Waals surface area contributed by atoms with E-state index in [0.29, 0.717) is 16.5 Å². The molecule has 0 aliphatic carbocycles. The van der Waals surface area contributed by atoms with Crippen LogP contribution in [0.4, 0.5) is 0 Å². The monoisotopic (exact) mass is 358 g/mol. The van der Waals surface area contributed by atoms with E-state index in [9.17, 15) is 5.11 Å². The first kappa shape index (κ1) is 14.9. The van der Waals surface area contributed by atoms with Crippen LogP contribution in [0.15, 0.2) is 40.9 Å². The minimum absolute atomic E-state index is 0.469. The molecule has 0 saturated carbocycles. The molecule has 0 fully saturated rings. The van der Waals surface area contributed by atoms with Crippen molar-refractivity contribution in [3.63, 3.8) is 0 Å². The molecule has 0 amide bonds. The Morgan fingerprint density at radius 3 is 2.53 bits per heavy atom. The zero-order valence-electron chi connectivity index (χ0n) is 10.3. The van der Waals surface area contributed by atoms with Crippen LogP contribution < -0.4 is 0 Å². The third kappa shape index (κ3) is 3.73. The minimum Gasteiger partial charge on any atom is -0.388 e. The van der Waals surface area contributed by atoms with Crippen molar-refractivity contribution in [2.24, 2.45) is 0 Å². The third-order valence-electron chi connectivity index (χ3n) is 3.00. The molecule has 100 valence electrons. The summed E-state index contributed by atoms with van der Waals surface area (Å²) in [5, 5.41) is 11.5. The summed E-state index contributed by atoms with van der Waals surface area (Å²) in [6, 6.07) is 11.1. The molecule has 2 aromatic rings. The molecule has 1 nitrogen and oxygen atoms in total. The van der Waals surface area contributed by atoms with Gasteiger partial charge in [0.15, 0.2) is 0 Å². The predicted octanol–water partition coefficient (Wildman–Crippen LogP) is 5.34. The van der Waals surface area contributed by atoms with Crippen LogP contribution in [0.25, 0.3) is 0 Å². The van der Waals surface area contributed by atoms with Crippen LogP contribution in [0.5, 0.6) is 0 Å². The summed E-state index contributed by atoms with van der Waals surface area (Å²) < 4.78 is 1.04. The zero-order valence-corrected chi connectivity index (χ0v) is 13.4. The summed E-state index contributed by atoms with van der Waals surface area (Å²) in [6.45, 7) is 2.00. The molecule has 2 aromatic carbocycles. The van der Waals surface area contributed by atoms with Gasteiger partial charge in [0, 0.05) is 20.9 Å². The van der Waals surface area contributed by atoms with Gasteiger partial charge < -0.3 is 5.11 Å². The molecule has 0 aromatic heterocycles. The second-order valence-corrected chi connectivity index (χ2v) is 6.16. The largest absolute Gasteiger partial charge is 0.388 e. The maximum atomic E-state index is 10.3. The van der Waals surface area contributed by atoms with Crippen LogP contribution in [0.3, 0.4) is 0 Å². The lowest BCUT2D eigenvalue weighted by molar-refractivity contribution is 0.178. The van der Waals surface area contributed by atoms with Crippen LogP contribution in [0.1, 0.15) is 22.8 Å². The molecule has 0 aliphatic heterocycles. The van der Waals surface area contributed by atoms with E-state index in [1.54, 1.807) is 12.1 Å². The maximum Gasteiger partial charge on any atom is 0.0831 e. The van der Waals surface area contributed by atoms with Gasteiger partial charge in [0.25, 0.3) is 0 Å². The fourth-order valence-corrected chi connectivity index (χ4v) is 2.62. The van der Waals surface area contributed by atoms with Crippen LogP contribution in [-0.4, -0.2) is 5.11 Å². The second kappa shape index (κ2) is 6.27. The first-order valence-electron chi connectivity index (χ1n) is 5.85. The van der Waals surface area contributed by atoms with Crippen molar-refractivity contribution < 1.29 is 5.11 Å². The minimum atomic E-state index is -0.578. The molecule has 1 atom stereocenters. The lowest BCUT2D eigenvalue weighted by Crippen LogP contribution is -2.02. The molecule has 19 heavy (non-hydrogen) atoms. The van der Waals surface area contributed by atoms with Crippen molar-refractivity contribution in [1.82, 2.24) is 0 Å². The smallest absolute Gasteiger partial charge is 0.0831 e. The fraction of sp³-hybridized carbons (Fsp3) is 0.200. The van der Waals surface area contributed by atoms with Gasteiger partial charge in [-0.15, -0.1) is 0 Å². The van der Waals surface area contributed by atoms with E-state index in [1.807, 2.05) is 31.2 Å². The summed E-state index contributed by atoms with van der Waals surface area (Å²) in [6.07, 6.45) is -0.109. The second-order valence-electron chi connectivity index (χ2n) is 4.46. The van der Waals surface area contributed by atoms with Crippen molar-refractivity contribution in [1.29, 1.82) is 0 Å². The van der Waals surface area contributed by atoms with E-state index in [4.69, 9.17) is 23.2 Å². The Kier molecular flexibility index (Phi) is 4.91. The van der Waals surface area contributed by atoms with Gasteiger partial charge in [0.1, 0.15) is 0 Å². The molecule has 2 rings (SSSR count). The van der Waals surface area contributed by atoms with Crippen molar-refractivity contribution in [2.45, 2.75) is 19.4 Å². The Hall–Kier alpha value is -0.540. The lowest BCUT2D eigenvalue weighted by Gasteiger charge is -2.13. The Morgan fingerprint density at radius 2 is 1.89 bits per heavy atom. The molecule has 0 bridgehead atoms. The summed E-state index contributed by atoms with van der Waals surface area (Å²) in [4.78, 5) is 0. The summed E-state index contributed by atoms with van der Waals surface area (Å²) in [5.41, 5.74) is 2.87. The van der Waals surface area contributed by atoms with E-state index >= 15 is 0 Å². The van der Waals surface area contributed by atoms with Gasteiger partial charge in [0.05, 0.1) is 6.10 Å². The van der Waals surface area contributed by atoms with E-state index in [2.05, 4.69) is 15.9 Å². The average Bonchev–Trinajstić information content (AvgIpc) is 2.36. The summed E-state index contributed by atoms with van der Waals surface area (Å²) in [7, 11) is 0.